The fourth-order valence-electron chi connectivity index (χ4n) is 1.72. The van der Waals surface area contributed by atoms with E-state index in [9.17, 15) is 34.4 Å². The van der Waals surface area contributed by atoms with Gasteiger partial charge in [-0.1, -0.05) is 24.3 Å². The molecule has 0 unspecified atom stereocenters. The van der Waals surface area contributed by atoms with E-state index in [0.717, 1.165) is 18.2 Å². The number of rotatable bonds is 5. The normalized spacial score (nSPS) is 13.0. The molecule has 0 bridgehead atoms. The minimum absolute atomic E-state index is 0.0793. The van der Waals surface area contributed by atoms with Crippen molar-refractivity contribution in [2.45, 2.75) is 5.51 Å². The minimum Gasteiger partial charge on any atom is -0.380 e. The number of hydrogen-bond acceptors (Lipinski definition) is 6. The molecule has 0 spiro atoms. The molecule has 24 heavy (non-hydrogen) atoms. The maximum absolute atomic E-state index is 12.4. The van der Waals surface area contributed by atoms with Gasteiger partial charge in [0.25, 0.3) is 0 Å². The quantitative estimate of drug-likeness (QED) is 0.445. The molecule has 0 heterocycles. The molecule has 0 amide bonds. The lowest BCUT2D eigenvalue weighted by Crippen LogP contribution is -2.28. The van der Waals surface area contributed by atoms with Gasteiger partial charge in [-0.2, -0.15) is 30.0 Å². The van der Waals surface area contributed by atoms with Gasteiger partial charge in [-0.05, 0) is 12.1 Å². The Labute approximate surface area is 133 Å². The summed E-state index contributed by atoms with van der Waals surface area (Å²) in [4.78, 5) is 0. The van der Waals surface area contributed by atoms with Crippen molar-refractivity contribution in [2.24, 2.45) is 0 Å². The molecule has 12 heteroatoms. The van der Waals surface area contributed by atoms with E-state index < -0.39 is 37.5 Å². The second kappa shape index (κ2) is 6.09. The molecule has 0 aromatic heterocycles. The maximum Gasteiger partial charge on any atom is 0.534 e. The molecule has 0 radical (unpaired) electrons. The lowest BCUT2D eigenvalue weighted by atomic mass is 10.1. The molecule has 2 aromatic rings. The Hall–Kier alpha value is -2.08. The maximum atomic E-state index is 12.4. The number of benzene rings is 2. The van der Waals surface area contributed by atoms with Crippen molar-refractivity contribution in [3.05, 3.63) is 36.4 Å². The third-order valence-corrected chi connectivity index (χ3v) is 4.34. The van der Waals surface area contributed by atoms with Gasteiger partial charge in [0.2, 0.25) is 6.01 Å². The van der Waals surface area contributed by atoms with Crippen LogP contribution in [0.15, 0.2) is 36.4 Å². The molecule has 0 aliphatic heterocycles. The van der Waals surface area contributed by atoms with Crippen LogP contribution in [0.1, 0.15) is 0 Å². The van der Waals surface area contributed by atoms with E-state index in [-0.39, 0.29) is 16.5 Å². The van der Waals surface area contributed by atoms with E-state index in [0.29, 0.717) is 0 Å². The summed E-state index contributed by atoms with van der Waals surface area (Å²) in [5.74, 6) is -1.08. The van der Waals surface area contributed by atoms with Crippen LogP contribution in [0, 0.1) is 0 Å². The van der Waals surface area contributed by atoms with E-state index in [1.807, 2.05) is 0 Å². The molecule has 0 saturated heterocycles. The van der Waals surface area contributed by atoms with E-state index in [1.54, 1.807) is 0 Å². The van der Waals surface area contributed by atoms with Crippen LogP contribution in [0.2, 0.25) is 0 Å². The van der Waals surface area contributed by atoms with E-state index in [1.165, 1.54) is 18.2 Å². The third kappa shape index (κ3) is 3.70. The Kier molecular flexibility index (Phi) is 4.63. The standard InChI is InChI=1S/C12H8F4O6S2/c13-7-23(17,18)21-10-5-1-4-9-8(10)3-2-6-11(9)22-24(19,20)12(14,15)16/h1-6H,7H2. The molecule has 6 nitrogen and oxygen atoms in total. The van der Waals surface area contributed by atoms with Crippen LogP contribution in [0.5, 0.6) is 11.5 Å². The Morgan fingerprint density at radius 1 is 0.833 bits per heavy atom. The summed E-state index contributed by atoms with van der Waals surface area (Å²) in [5, 5.41) is -0.249. The lowest BCUT2D eigenvalue weighted by Gasteiger charge is -2.13. The van der Waals surface area contributed by atoms with E-state index in [4.69, 9.17) is 0 Å². The summed E-state index contributed by atoms with van der Waals surface area (Å²) in [7, 11) is -10.5. The Bertz CT molecular complexity index is 967. The molecular weight excluding hydrogens is 380 g/mol. The average Bonchev–Trinajstić information content (AvgIpc) is 2.46. The summed E-state index contributed by atoms with van der Waals surface area (Å²) < 4.78 is 103. The van der Waals surface area contributed by atoms with Crippen molar-refractivity contribution in [3.8, 4) is 11.5 Å². The molecule has 0 aliphatic rings. The zero-order chi connectivity index (χ0) is 18.2. The predicted octanol–water partition coefficient (Wildman–Crippen LogP) is 2.70. The number of halogens is 4. The summed E-state index contributed by atoms with van der Waals surface area (Å²) in [6, 6.07) is 4.98. The van der Waals surface area contributed by atoms with Crippen molar-refractivity contribution in [1.29, 1.82) is 0 Å². The fourth-order valence-corrected chi connectivity index (χ4v) is 2.66. The first kappa shape index (κ1) is 18.3. The van der Waals surface area contributed by atoms with Gasteiger partial charge in [0, 0.05) is 10.8 Å². The summed E-state index contributed by atoms with van der Waals surface area (Å²) in [5.41, 5.74) is -5.64. The van der Waals surface area contributed by atoms with Crippen LogP contribution in [-0.4, -0.2) is 28.4 Å². The highest BCUT2D eigenvalue weighted by Crippen LogP contribution is 2.35. The van der Waals surface area contributed by atoms with E-state index in [2.05, 4.69) is 8.37 Å². The number of hydrogen-bond donors (Lipinski definition) is 0. The Balaban J connectivity index is 2.56. The van der Waals surface area contributed by atoms with E-state index >= 15 is 0 Å². The molecule has 2 aromatic carbocycles. The molecular formula is C12H8F4O6S2. The van der Waals surface area contributed by atoms with Crippen molar-refractivity contribution >= 4 is 31.0 Å². The zero-order valence-corrected chi connectivity index (χ0v) is 13.1. The van der Waals surface area contributed by atoms with Gasteiger partial charge < -0.3 is 8.37 Å². The Morgan fingerprint density at radius 3 is 1.71 bits per heavy atom. The van der Waals surface area contributed by atoms with Gasteiger partial charge in [0.05, 0.1) is 0 Å². The van der Waals surface area contributed by atoms with Gasteiger partial charge in [-0.25, -0.2) is 4.39 Å². The summed E-state index contributed by atoms with van der Waals surface area (Å²) in [6.45, 7) is 0. The van der Waals surface area contributed by atoms with Crippen LogP contribution in [0.3, 0.4) is 0 Å². The van der Waals surface area contributed by atoms with Crippen LogP contribution in [0.4, 0.5) is 17.6 Å². The van der Waals surface area contributed by atoms with Crippen LogP contribution < -0.4 is 8.37 Å². The van der Waals surface area contributed by atoms with Gasteiger partial charge in [0.15, 0.2) is 11.5 Å². The number of alkyl halides is 4. The summed E-state index contributed by atoms with van der Waals surface area (Å²) in [6.07, 6.45) is 0. The summed E-state index contributed by atoms with van der Waals surface area (Å²) >= 11 is 0. The van der Waals surface area contributed by atoms with Gasteiger partial charge in [0.1, 0.15) is 0 Å². The first-order valence-corrected chi connectivity index (χ1v) is 8.96. The highest BCUT2D eigenvalue weighted by molar-refractivity contribution is 7.88. The smallest absolute Gasteiger partial charge is 0.380 e. The van der Waals surface area contributed by atoms with Crippen LogP contribution >= 0.6 is 0 Å². The molecule has 0 aliphatic carbocycles. The highest BCUT2D eigenvalue weighted by Gasteiger charge is 2.48. The lowest BCUT2D eigenvalue weighted by molar-refractivity contribution is -0.0499. The van der Waals surface area contributed by atoms with Crippen LogP contribution in [0.25, 0.3) is 10.8 Å². The van der Waals surface area contributed by atoms with Crippen molar-refractivity contribution in [3.63, 3.8) is 0 Å². The van der Waals surface area contributed by atoms with Crippen molar-refractivity contribution in [1.82, 2.24) is 0 Å². The first-order valence-electron chi connectivity index (χ1n) is 5.97. The van der Waals surface area contributed by atoms with Crippen LogP contribution in [-0.2, 0) is 20.2 Å². The molecule has 132 valence electrons. The van der Waals surface area contributed by atoms with Crippen molar-refractivity contribution < 1.29 is 42.8 Å². The average molecular weight is 388 g/mol. The molecule has 0 fully saturated rings. The largest absolute Gasteiger partial charge is 0.534 e. The number of fused-ring (bicyclic) bond motifs is 1. The van der Waals surface area contributed by atoms with Gasteiger partial charge in [-0.15, -0.1) is 0 Å². The van der Waals surface area contributed by atoms with Gasteiger partial charge >= 0.3 is 25.7 Å². The predicted molar refractivity (Wildman–Crippen MR) is 75.1 cm³/mol. The minimum atomic E-state index is -5.91. The zero-order valence-electron chi connectivity index (χ0n) is 11.4. The second-order valence-electron chi connectivity index (χ2n) is 4.34. The Morgan fingerprint density at radius 2 is 1.29 bits per heavy atom. The molecule has 0 saturated carbocycles. The highest BCUT2D eigenvalue weighted by atomic mass is 32.2. The molecule has 2 rings (SSSR count). The SMILES string of the molecule is O=S(=O)(CF)Oc1cccc2c(OS(=O)(=O)C(F)(F)F)cccc12. The molecule has 0 atom stereocenters. The topological polar surface area (TPSA) is 86.7 Å². The van der Waals surface area contributed by atoms with Crippen molar-refractivity contribution in [2.75, 3.05) is 6.01 Å². The first-order chi connectivity index (χ1) is 11.0. The third-order valence-electron chi connectivity index (χ3n) is 2.68. The molecule has 0 N–H and O–H groups in total. The fraction of sp³-hybridized carbons (Fsp3) is 0.167. The van der Waals surface area contributed by atoms with Gasteiger partial charge in [-0.3, -0.25) is 0 Å². The monoisotopic (exact) mass is 388 g/mol. The second-order valence-corrected chi connectivity index (χ2v) is 7.38.